The van der Waals surface area contributed by atoms with Crippen molar-refractivity contribution in [3.05, 3.63) is 23.8 Å². The third-order valence-electron chi connectivity index (χ3n) is 10.3. The summed E-state index contributed by atoms with van der Waals surface area (Å²) in [4.78, 5) is 37.3. The zero-order valence-electron chi connectivity index (χ0n) is 24.4. The summed E-state index contributed by atoms with van der Waals surface area (Å²) in [6.45, 7) is 18.9. The Morgan fingerprint density at radius 3 is 2.43 bits per heavy atom. The van der Waals surface area contributed by atoms with Crippen molar-refractivity contribution in [2.24, 2.45) is 40.4 Å². The number of carbonyl (C=O) groups excluding carboxylic acids is 3. The van der Waals surface area contributed by atoms with Crippen LogP contribution < -0.4 is 0 Å². The molecule has 208 valence electrons. The molecule has 37 heavy (non-hydrogen) atoms. The molecular formula is C32H50O5. The number of ether oxygens (including phenoxy) is 2. The van der Waals surface area contributed by atoms with Crippen LogP contribution in [0.3, 0.4) is 0 Å². The number of fused-ring (bicyclic) bond motifs is 1. The second-order valence-electron chi connectivity index (χ2n) is 13.0. The summed E-state index contributed by atoms with van der Waals surface area (Å²) in [5, 5.41) is 0. The minimum absolute atomic E-state index is 0.0100. The molecule has 0 aromatic heterocycles. The second kappa shape index (κ2) is 11.9. The lowest BCUT2D eigenvalue weighted by atomic mass is 9.55. The maximum absolute atomic E-state index is 14.2. The zero-order chi connectivity index (χ0) is 27.5. The van der Waals surface area contributed by atoms with Crippen molar-refractivity contribution in [3.8, 4) is 0 Å². The molecule has 0 saturated heterocycles. The molecule has 2 saturated carbocycles. The van der Waals surface area contributed by atoms with Crippen molar-refractivity contribution in [1.29, 1.82) is 0 Å². The molecule has 7 atom stereocenters. The van der Waals surface area contributed by atoms with Gasteiger partial charge in [0.2, 0.25) is 0 Å². The first-order chi connectivity index (χ1) is 17.3. The molecule has 3 rings (SSSR count). The molecule has 3 aliphatic rings. The molecule has 0 bridgehead atoms. The van der Waals surface area contributed by atoms with Gasteiger partial charge in [-0.15, -0.1) is 0 Å². The average molecular weight is 515 g/mol. The van der Waals surface area contributed by atoms with Crippen LogP contribution >= 0.6 is 0 Å². The average Bonchev–Trinajstić information content (AvgIpc) is 3.14. The molecule has 0 spiro atoms. The molecule has 5 heteroatoms. The first kappa shape index (κ1) is 29.6. The van der Waals surface area contributed by atoms with Crippen LogP contribution in [0.25, 0.3) is 0 Å². The van der Waals surface area contributed by atoms with E-state index >= 15 is 0 Å². The number of allylic oxidation sites excluding steroid dienone is 2. The van der Waals surface area contributed by atoms with Crippen LogP contribution in [0.1, 0.15) is 106 Å². The molecule has 0 amide bonds. The van der Waals surface area contributed by atoms with Crippen LogP contribution in [0.5, 0.6) is 0 Å². The van der Waals surface area contributed by atoms with E-state index in [9.17, 15) is 14.4 Å². The van der Waals surface area contributed by atoms with Gasteiger partial charge in [-0.1, -0.05) is 51.5 Å². The highest BCUT2D eigenvalue weighted by Crippen LogP contribution is 2.60. The van der Waals surface area contributed by atoms with Gasteiger partial charge in [0.15, 0.2) is 0 Å². The van der Waals surface area contributed by atoms with E-state index in [4.69, 9.17) is 9.47 Å². The molecule has 0 aromatic rings. The van der Waals surface area contributed by atoms with Crippen molar-refractivity contribution in [3.63, 3.8) is 0 Å². The van der Waals surface area contributed by atoms with Crippen molar-refractivity contribution in [2.75, 3.05) is 6.61 Å². The third-order valence-corrected chi connectivity index (χ3v) is 10.3. The van der Waals surface area contributed by atoms with Gasteiger partial charge in [0.05, 0.1) is 6.61 Å². The lowest BCUT2D eigenvalue weighted by molar-refractivity contribution is -0.149. The van der Waals surface area contributed by atoms with Crippen LogP contribution in [0.4, 0.5) is 0 Å². The topological polar surface area (TPSA) is 69.7 Å². The largest absolute Gasteiger partial charge is 0.466 e. The van der Waals surface area contributed by atoms with Gasteiger partial charge in [0.1, 0.15) is 11.9 Å². The van der Waals surface area contributed by atoms with Gasteiger partial charge in [-0.2, -0.15) is 0 Å². The maximum atomic E-state index is 14.2. The van der Waals surface area contributed by atoms with Crippen LogP contribution in [0, 0.1) is 40.4 Å². The summed E-state index contributed by atoms with van der Waals surface area (Å²) in [6, 6.07) is 0. The van der Waals surface area contributed by atoms with E-state index in [-0.39, 0.29) is 35.3 Å². The van der Waals surface area contributed by atoms with E-state index in [0.717, 1.165) is 56.9 Å². The van der Waals surface area contributed by atoms with Gasteiger partial charge >= 0.3 is 11.9 Å². The first-order valence-corrected chi connectivity index (χ1v) is 14.5. The fraction of sp³-hybridized carbons (Fsp3) is 0.781. The minimum Gasteiger partial charge on any atom is -0.466 e. The van der Waals surface area contributed by atoms with E-state index < -0.39 is 5.41 Å². The van der Waals surface area contributed by atoms with E-state index in [1.54, 1.807) is 0 Å². The lowest BCUT2D eigenvalue weighted by Crippen LogP contribution is -2.48. The molecule has 0 aliphatic heterocycles. The highest BCUT2D eigenvalue weighted by molar-refractivity contribution is 5.91. The summed E-state index contributed by atoms with van der Waals surface area (Å²) in [6.07, 6.45) is 10.2. The van der Waals surface area contributed by atoms with Crippen LogP contribution in [-0.2, 0) is 23.9 Å². The van der Waals surface area contributed by atoms with Crippen molar-refractivity contribution < 1.29 is 23.9 Å². The molecule has 0 heterocycles. The van der Waals surface area contributed by atoms with Gasteiger partial charge in [0, 0.05) is 31.6 Å². The van der Waals surface area contributed by atoms with E-state index in [0.29, 0.717) is 36.6 Å². The van der Waals surface area contributed by atoms with Gasteiger partial charge in [-0.3, -0.25) is 14.4 Å². The van der Waals surface area contributed by atoms with Gasteiger partial charge in [0.25, 0.3) is 0 Å². The summed E-state index contributed by atoms with van der Waals surface area (Å²) in [7, 11) is 0. The smallest absolute Gasteiger partial charge is 0.302 e. The number of esters is 2. The fourth-order valence-electron chi connectivity index (χ4n) is 7.82. The van der Waals surface area contributed by atoms with E-state index in [2.05, 4.69) is 47.3 Å². The number of hydrogen-bond acceptors (Lipinski definition) is 5. The molecule has 0 N–H and O–H groups in total. The Labute approximate surface area is 224 Å². The summed E-state index contributed by atoms with van der Waals surface area (Å²) < 4.78 is 10.9. The third kappa shape index (κ3) is 6.40. The molecule has 3 aliphatic carbocycles. The van der Waals surface area contributed by atoms with Gasteiger partial charge < -0.3 is 9.47 Å². The lowest BCUT2D eigenvalue weighted by Gasteiger charge is -2.48. The quantitative estimate of drug-likeness (QED) is 0.227. The standard InChI is InChI=1S/C32H50O5/c1-20(2)21(3)9-10-22(4)28-13-14-29(32(28,8)17-18-36-23(5)33)27-12-11-25-19-26(37-24(6)34)15-16-31(25,7)30(27)35/h11,20,22,26-29H,3,9-10,12-19H2,1-2,4-8H3/t22-,26+,27+,28-,29+,31+,32-/m1/s1. The van der Waals surface area contributed by atoms with Crippen molar-refractivity contribution in [2.45, 2.75) is 112 Å². The molecule has 2 fully saturated rings. The number of Topliss-reactive ketones (excluding diaryl/α,β-unsaturated/α-hetero) is 1. The Balaban J connectivity index is 1.82. The molecule has 0 aromatic carbocycles. The summed E-state index contributed by atoms with van der Waals surface area (Å²) >= 11 is 0. The molecule has 0 unspecified atom stereocenters. The highest BCUT2D eigenvalue weighted by atomic mass is 16.5. The normalized spacial score (nSPS) is 34.5. The Kier molecular flexibility index (Phi) is 9.51. The number of carbonyl (C=O) groups is 3. The van der Waals surface area contributed by atoms with E-state index in [1.807, 2.05) is 0 Å². The molecule has 0 radical (unpaired) electrons. The predicted octanol–water partition coefficient (Wildman–Crippen LogP) is 7.24. The van der Waals surface area contributed by atoms with Gasteiger partial charge in [-0.25, -0.2) is 0 Å². The highest BCUT2D eigenvalue weighted by Gasteiger charge is 2.56. The Hall–Kier alpha value is -1.91. The van der Waals surface area contributed by atoms with Crippen LogP contribution in [0.2, 0.25) is 0 Å². The Bertz CT molecular complexity index is 916. The van der Waals surface area contributed by atoms with Crippen LogP contribution in [0.15, 0.2) is 23.8 Å². The Morgan fingerprint density at radius 1 is 1.11 bits per heavy atom. The zero-order valence-corrected chi connectivity index (χ0v) is 24.4. The van der Waals surface area contributed by atoms with E-state index in [1.165, 1.54) is 19.4 Å². The fourth-order valence-corrected chi connectivity index (χ4v) is 7.82. The SMILES string of the molecule is C=C(CC[C@@H](C)[C@H]1CC[C@@H]([C@@H]2CC=C3C[C@@H](OC(C)=O)CC[C@]3(C)C2=O)[C@]1(C)CCOC(C)=O)C(C)C. The first-order valence-electron chi connectivity index (χ1n) is 14.5. The van der Waals surface area contributed by atoms with Crippen LogP contribution in [-0.4, -0.2) is 30.4 Å². The summed E-state index contributed by atoms with van der Waals surface area (Å²) in [5.41, 5.74) is 1.93. The predicted molar refractivity (Wildman–Crippen MR) is 147 cm³/mol. The van der Waals surface area contributed by atoms with Crippen molar-refractivity contribution >= 4 is 17.7 Å². The molecular weight excluding hydrogens is 464 g/mol. The minimum atomic E-state index is -0.463. The monoisotopic (exact) mass is 514 g/mol. The second-order valence-corrected chi connectivity index (χ2v) is 13.0. The molecule has 5 nitrogen and oxygen atoms in total. The Morgan fingerprint density at radius 2 is 1.81 bits per heavy atom. The number of rotatable bonds is 10. The summed E-state index contributed by atoms with van der Waals surface area (Å²) in [5.74, 6) is 1.64. The maximum Gasteiger partial charge on any atom is 0.302 e. The number of ketones is 1. The van der Waals surface area contributed by atoms with Crippen molar-refractivity contribution in [1.82, 2.24) is 0 Å². The van der Waals surface area contributed by atoms with Gasteiger partial charge in [-0.05, 0) is 87.4 Å². The number of hydrogen-bond donors (Lipinski definition) is 0.